The number of carbonyl (C=O) groups is 2. The summed E-state index contributed by atoms with van der Waals surface area (Å²) in [5.74, 6) is 0.157. The van der Waals surface area contributed by atoms with Gasteiger partial charge in [0.1, 0.15) is 0 Å². The van der Waals surface area contributed by atoms with Crippen LogP contribution in [0.4, 0.5) is 5.69 Å². The zero-order valence-corrected chi connectivity index (χ0v) is 14.2. The van der Waals surface area contributed by atoms with E-state index in [1.807, 2.05) is 18.2 Å². The number of nitrogens with zero attached hydrogens (tertiary/aromatic N) is 1. The number of amides is 2. The molecule has 0 aliphatic carbocycles. The van der Waals surface area contributed by atoms with Gasteiger partial charge in [0, 0.05) is 42.2 Å². The molecule has 0 radical (unpaired) electrons. The van der Waals surface area contributed by atoms with Crippen LogP contribution in [0.15, 0.2) is 48.5 Å². The number of hydrogen-bond donors (Lipinski definition) is 1. The van der Waals surface area contributed by atoms with Crippen LogP contribution in [0.3, 0.4) is 0 Å². The van der Waals surface area contributed by atoms with Crippen LogP contribution in [0, 0.1) is 0 Å². The molecule has 1 atom stereocenters. The van der Waals surface area contributed by atoms with E-state index in [0.29, 0.717) is 23.7 Å². The fourth-order valence-electron chi connectivity index (χ4n) is 3.13. The molecule has 0 spiro atoms. The maximum absolute atomic E-state index is 12.2. The Balaban J connectivity index is 1.61. The second kappa shape index (κ2) is 7.05. The first-order valence-corrected chi connectivity index (χ1v) is 8.35. The van der Waals surface area contributed by atoms with Gasteiger partial charge in [0.15, 0.2) is 0 Å². The number of rotatable bonds is 4. The Morgan fingerprint density at radius 2 is 2.00 bits per heavy atom. The van der Waals surface area contributed by atoms with Crippen molar-refractivity contribution in [3.8, 4) is 0 Å². The first-order chi connectivity index (χ1) is 11.6. The minimum absolute atomic E-state index is 0.0490. The average molecular weight is 343 g/mol. The lowest BCUT2D eigenvalue weighted by Gasteiger charge is -2.15. The Bertz CT molecular complexity index is 775. The minimum atomic E-state index is -0.132. The van der Waals surface area contributed by atoms with Gasteiger partial charge in [-0.1, -0.05) is 35.9 Å². The number of carbonyl (C=O) groups excluding carboxylic acids is 2. The SMILES string of the molecule is CC(=O)N1CC(CCNC(=O)c2cccc(Cl)c2)c2ccccc21. The van der Waals surface area contributed by atoms with Gasteiger partial charge in [-0.2, -0.15) is 0 Å². The molecule has 4 nitrogen and oxygen atoms in total. The molecule has 124 valence electrons. The summed E-state index contributed by atoms with van der Waals surface area (Å²) in [5.41, 5.74) is 2.71. The van der Waals surface area contributed by atoms with Crippen molar-refractivity contribution in [3.63, 3.8) is 0 Å². The lowest BCUT2D eigenvalue weighted by molar-refractivity contribution is -0.116. The third kappa shape index (κ3) is 3.44. The monoisotopic (exact) mass is 342 g/mol. The van der Waals surface area contributed by atoms with Crippen LogP contribution in [0.5, 0.6) is 0 Å². The Kier molecular flexibility index (Phi) is 4.86. The van der Waals surface area contributed by atoms with Crippen molar-refractivity contribution in [1.29, 1.82) is 0 Å². The molecular formula is C19H19ClN2O2. The number of anilines is 1. The average Bonchev–Trinajstić information content (AvgIpc) is 2.94. The predicted octanol–water partition coefficient (Wildman–Crippen LogP) is 3.61. The van der Waals surface area contributed by atoms with Crippen LogP contribution < -0.4 is 10.2 Å². The maximum atomic E-state index is 12.2. The number of nitrogens with one attached hydrogen (secondary N) is 1. The summed E-state index contributed by atoms with van der Waals surface area (Å²) in [6.07, 6.45) is 0.785. The molecule has 1 unspecified atom stereocenters. The second-order valence-corrected chi connectivity index (χ2v) is 6.38. The highest BCUT2D eigenvalue weighted by atomic mass is 35.5. The lowest BCUT2D eigenvalue weighted by Crippen LogP contribution is -2.29. The van der Waals surface area contributed by atoms with Crippen molar-refractivity contribution in [2.45, 2.75) is 19.3 Å². The van der Waals surface area contributed by atoms with Gasteiger partial charge in [-0.15, -0.1) is 0 Å². The molecule has 1 N–H and O–H groups in total. The fraction of sp³-hybridized carbons (Fsp3) is 0.263. The van der Waals surface area contributed by atoms with Crippen LogP contribution in [0.1, 0.15) is 35.2 Å². The number of hydrogen-bond acceptors (Lipinski definition) is 2. The standard InChI is InChI=1S/C19H19ClN2O2/c1-13(23)22-12-15(17-7-2-3-8-18(17)22)9-10-21-19(24)14-5-4-6-16(20)11-14/h2-8,11,15H,9-10,12H2,1H3,(H,21,24). The van der Waals surface area contributed by atoms with E-state index in [1.54, 1.807) is 36.1 Å². The number of para-hydroxylation sites is 1. The highest BCUT2D eigenvalue weighted by molar-refractivity contribution is 6.30. The van der Waals surface area contributed by atoms with E-state index in [-0.39, 0.29) is 17.7 Å². The summed E-state index contributed by atoms with van der Waals surface area (Å²) in [6, 6.07) is 14.9. The molecule has 0 aromatic heterocycles. The van der Waals surface area contributed by atoms with E-state index in [9.17, 15) is 9.59 Å². The first kappa shape index (κ1) is 16.5. The number of halogens is 1. The molecule has 0 saturated carbocycles. The zero-order valence-electron chi connectivity index (χ0n) is 13.5. The van der Waals surface area contributed by atoms with E-state index < -0.39 is 0 Å². The van der Waals surface area contributed by atoms with Gasteiger partial charge in [-0.3, -0.25) is 9.59 Å². The van der Waals surface area contributed by atoms with Crippen LogP contribution >= 0.6 is 11.6 Å². The van der Waals surface area contributed by atoms with E-state index in [2.05, 4.69) is 11.4 Å². The Hall–Kier alpha value is -2.33. The van der Waals surface area contributed by atoms with E-state index in [1.165, 1.54) is 5.56 Å². The highest BCUT2D eigenvalue weighted by Gasteiger charge is 2.30. The summed E-state index contributed by atoms with van der Waals surface area (Å²) in [6.45, 7) is 2.80. The van der Waals surface area contributed by atoms with Gasteiger partial charge >= 0.3 is 0 Å². The van der Waals surface area contributed by atoms with Crippen molar-refractivity contribution in [2.24, 2.45) is 0 Å². The summed E-state index contributed by atoms with van der Waals surface area (Å²) in [4.78, 5) is 25.8. The quantitative estimate of drug-likeness (QED) is 0.922. The predicted molar refractivity (Wildman–Crippen MR) is 95.6 cm³/mol. The van der Waals surface area contributed by atoms with Crippen LogP contribution in [0.25, 0.3) is 0 Å². The molecule has 1 aliphatic heterocycles. The van der Waals surface area contributed by atoms with Crippen LogP contribution in [-0.2, 0) is 4.79 Å². The van der Waals surface area contributed by atoms with Crippen LogP contribution in [-0.4, -0.2) is 24.9 Å². The van der Waals surface area contributed by atoms with Crippen LogP contribution in [0.2, 0.25) is 5.02 Å². The summed E-state index contributed by atoms with van der Waals surface area (Å²) in [7, 11) is 0. The van der Waals surface area contributed by atoms with Gasteiger partial charge in [0.2, 0.25) is 5.91 Å². The van der Waals surface area contributed by atoms with E-state index >= 15 is 0 Å². The molecule has 3 rings (SSSR count). The number of benzene rings is 2. The molecular weight excluding hydrogens is 324 g/mol. The molecule has 2 aromatic carbocycles. The normalized spacial score (nSPS) is 15.9. The molecule has 24 heavy (non-hydrogen) atoms. The molecule has 0 fully saturated rings. The van der Waals surface area contributed by atoms with Crippen molar-refractivity contribution >= 4 is 29.1 Å². The molecule has 2 aromatic rings. The minimum Gasteiger partial charge on any atom is -0.352 e. The van der Waals surface area contributed by atoms with E-state index in [4.69, 9.17) is 11.6 Å². The first-order valence-electron chi connectivity index (χ1n) is 7.97. The van der Waals surface area contributed by atoms with Crippen molar-refractivity contribution in [1.82, 2.24) is 5.32 Å². The molecule has 1 heterocycles. The third-order valence-corrected chi connectivity index (χ3v) is 4.55. The van der Waals surface area contributed by atoms with Crippen molar-refractivity contribution in [2.75, 3.05) is 18.0 Å². The lowest BCUT2D eigenvalue weighted by atomic mass is 9.98. The Labute approximate surface area is 146 Å². The van der Waals surface area contributed by atoms with Crippen molar-refractivity contribution in [3.05, 3.63) is 64.7 Å². The van der Waals surface area contributed by atoms with Crippen molar-refractivity contribution < 1.29 is 9.59 Å². The molecule has 2 amide bonds. The van der Waals surface area contributed by atoms with E-state index in [0.717, 1.165) is 12.1 Å². The summed E-state index contributed by atoms with van der Waals surface area (Å²) in [5, 5.41) is 3.47. The van der Waals surface area contributed by atoms with Gasteiger partial charge in [0.05, 0.1) is 0 Å². The topological polar surface area (TPSA) is 49.4 Å². The van der Waals surface area contributed by atoms with Gasteiger partial charge in [0.25, 0.3) is 5.91 Å². The molecule has 5 heteroatoms. The van der Waals surface area contributed by atoms with Gasteiger partial charge < -0.3 is 10.2 Å². The largest absolute Gasteiger partial charge is 0.352 e. The van der Waals surface area contributed by atoms with Gasteiger partial charge in [-0.05, 0) is 36.2 Å². The zero-order chi connectivity index (χ0) is 17.1. The Morgan fingerprint density at radius 1 is 1.21 bits per heavy atom. The summed E-state index contributed by atoms with van der Waals surface area (Å²) >= 11 is 5.91. The third-order valence-electron chi connectivity index (χ3n) is 4.32. The maximum Gasteiger partial charge on any atom is 0.251 e. The summed E-state index contributed by atoms with van der Waals surface area (Å²) < 4.78 is 0. The highest BCUT2D eigenvalue weighted by Crippen LogP contribution is 2.37. The fourth-order valence-corrected chi connectivity index (χ4v) is 3.32. The number of fused-ring (bicyclic) bond motifs is 1. The smallest absolute Gasteiger partial charge is 0.251 e. The Morgan fingerprint density at radius 3 is 2.75 bits per heavy atom. The molecule has 0 bridgehead atoms. The molecule has 1 aliphatic rings. The molecule has 0 saturated heterocycles. The van der Waals surface area contributed by atoms with Gasteiger partial charge in [-0.25, -0.2) is 0 Å². The second-order valence-electron chi connectivity index (χ2n) is 5.94.